The Balaban J connectivity index is 2.06. The van der Waals surface area contributed by atoms with Crippen LogP contribution in [0.4, 0.5) is 5.69 Å². The van der Waals surface area contributed by atoms with Crippen molar-refractivity contribution in [2.75, 3.05) is 11.9 Å². The Bertz CT molecular complexity index is 383. The molecule has 17 heavy (non-hydrogen) atoms. The minimum Gasteiger partial charge on any atom is -0.394 e. The highest BCUT2D eigenvalue weighted by atomic mass is 16.3. The van der Waals surface area contributed by atoms with Crippen molar-refractivity contribution in [2.24, 2.45) is 10.7 Å². The topological polar surface area (TPSA) is 70.6 Å². The minimum atomic E-state index is -0.355. The van der Waals surface area contributed by atoms with E-state index >= 15 is 0 Å². The number of nitrogens with two attached hydrogens (primary N) is 1. The van der Waals surface area contributed by atoms with Gasteiger partial charge >= 0.3 is 0 Å². The first kappa shape index (κ1) is 11.9. The van der Waals surface area contributed by atoms with Crippen molar-refractivity contribution in [1.29, 1.82) is 0 Å². The molecule has 0 aliphatic heterocycles. The Kier molecular flexibility index (Phi) is 3.64. The van der Waals surface area contributed by atoms with Crippen LogP contribution in [-0.2, 0) is 0 Å². The van der Waals surface area contributed by atoms with Crippen molar-refractivity contribution < 1.29 is 5.11 Å². The summed E-state index contributed by atoms with van der Waals surface area (Å²) in [6.45, 7) is 0.0736. The number of hydrogen-bond donors (Lipinski definition) is 3. The predicted octanol–water partition coefficient (Wildman–Crippen LogP) is 1.72. The SMILES string of the molecule is NC(=NC1(CO)CCCC1)Nc1ccccc1. The zero-order valence-electron chi connectivity index (χ0n) is 9.89. The summed E-state index contributed by atoms with van der Waals surface area (Å²) in [5.74, 6) is 0.382. The van der Waals surface area contributed by atoms with Crippen LogP contribution in [0.3, 0.4) is 0 Å². The Hall–Kier alpha value is -1.55. The fourth-order valence-corrected chi connectivity index (χ4v) is 2.29. The van der Waals surface area contributed by atoms with Gasteiger partial charge in [-0.3, -0.25) is 0 Å². The molecule has 0 unspecified atom stereocenters. The molecule has 4 heteroatoms. The van der Waals surface area contributed by atoms with E-state index in [2.05, 4.69) is 10.3 Å². The molecule has 1 aromatic carbocycles. The second-order valence-electron chi connectivity index (χ2n) is 4.58. The highest BCUT2D eigenvalue weighted by molar-refractivity contribution is 5.92. The Labute approximate surface area is 102 Å². The van der Waals surface area contributed by atoms with Gasteiger partial charge in [0.05, 0.1) is 12.1 Å². The molecule has 1 aliphatic carbocycles. The fraction of sp³-hybridized carbons (Fsp3) is 0.462. The van der Waals surface area contributed by atoms with Crippen molar-refractivity contribution >= 4 is 11.6 Å². The molecule has 0 spiro atoms. The molecule has 0 heterocycles. The van der Waals surface area contributed by atoms with Gasteiger partial charge in [0.1, 0.15) is 0 Å². The zero-order valence-corrected chi connectivity index (χ0v) is 9.89. The highest BCUT2D eigenvalue weighted by Gasteiger charge is 2.32. The molecule has 1 aromatic rings. The third kappa shape index (κ3) is 2.97. The molecule has 0 radical (unpaired) electrons. The smallest absolute Gasteiger partial charge is 0.193 e. The van der Waals surface area contributed by atoms with Gasteiger partial charge in [0.2, 0.25) is 0 Å². The number of aliphatic hydroxyl groups excluding tert-OH is 1. The third-order valence-electron chi connectivity index (χ3n) is 3.23. The number of guanidine groups is 1. The van der Waals surface area contributed by atoms with Crippen LogP contribution in [-0.4, -0.2) is 23.2 Å². The van der Waals surface area contributed by atoms with Crippen LogP contribution < -0.4 is 11.1 Å². The maximum Gasteiger partial charge on any atom is 0.193 e. The lowest BCUT2D eigenvalue weighted by Crippen LogP contribution is -2.34. The van der Waals surface area contributed by atoms with Gasteiger partial charge in [-0.05, 0) is 25.0 Å². The summed E-state index contributed by atoms with van der Waals surface area (Å²) in [6, 6.07) is 9.69. The third-order valence-corrected chi connectivity index (χ3v) is 3.23. The molecule has 4 N–H and O–H groups in total. The number of aliphatic imine (C=N–C) groups is 1. The summed E-state index contributed by atoms with van der Waals surface area (Å²) < 4.78 is 0. The first-order valence-electron chi connectivity index (χ1n) is 6.02. The van der Waals surface area contributed by atoms with Crippen LogP contribution in [0.25, 0.3) is 0 Å². The number of hydrogen-bond acceptors (Lipinski definition) is 2. The van der Waals surface area contributed by atoms with Gasteiger partial charge in [0.25, 0.3) is 0 Å². The van der Waals surface area contributed by atoms with E-state index < -0.39 is 0 Å². The standard InChI is InChI=1S/C13H19N3O/c14-12(15-11-6-2-1-3-7-11)16-13(10-17)8-4-5-9-13/h1-3,6-7,17H,4-5,8-10H2,(H3,14,15,16). The van der Waals surface area contributed by atoms with Crippen molar-refractivity contribution in [3.05, 3.63) is 30.3 Å². The number of nitrogens with zero attached hydrogens (tertiary/aromatic N) is 1. The van der Waals surface area contributed by atoms with Gasteiger partial charge in [-0.1, -0.05) is 31.0 Å². The number of anilines is 1. The monoisotopic (exact) mass is 233 g/mol. The van der Waals surface area contributed by atoms with Gasteiger partial charge in [-0.25, -0.2) is 4.99 Å². The minimum absolute atomic E-state index is 0.0736. The van der Waals surface area contributed by atoms with Crippen molar-refractivity contribution in [1.82, 2.24) is 0 Å². The molecule has 4 nitrogen and oxygen atoms in total. The summed E-state index contributed by atoms with van der Waals surface area (Å²) in [5.41, 5.74) is 6.44. The molecule has 0 aromatic heterocycles. The maximum absolute atomic E-state index is 9.44. The van der Waals surface area contributed by atoms with Gasteiger partial charge in [-0.15, -0.1) is 0 Å². The van der Waals surface area contributed by atoms with E-state index in [0.717, 1.165) is 31.4 Å². The summed E-state index contributed by atoms with van der Waals surface area (Å²) in [5, 5.41) is 12.5. The molecule has 2 rings (SSSR count). The van der Waals surface area contributed by atoms with Crippen molar-refractivity contribution in [3.63, 3.8) is 0 Å². The van der Waals surface area contributed by atoms with E-state index in [1.165, 1.54) is 0 Å². The van der Waals surface area contributed by atoms with E-state index in [-0.39, 0.29) is 12.1 Å². The van der Waals surface area contributed by atoms with Crippen LogP contribution in [0.1, 0.15) is 25.7 Å². The average Bonchev–Trinajstić information content (AvgIpc) is 2.79. The number of nitrogens with one attached hydrogen (secondary N) is 1. The molecule has 0 bridgehead atoms. The van der Waals surface area contributed by atoms with E-state index in [1.54, 1.807) is 0 Å². The van der Waals surface area contributed by atoms with Crippen LogP contribution in [0, 0.1) is 0 Å². The molecule has 1 saturated carbocycles. The summed E-state index contributed by atoms with van der Waals surface area (Å²) in [6.07, 6.45) is 4.06. The normalized spacial score (nSPS) is 19.2. The van der Waals surface area contributed by atoms with E-state index in [1.807, 2.05) is 30.3 Å². The summed E-state index contributed by atoms with van der Waals surface area (Å²) in [7, 11) is 0. The predicted molar refractivity (Wildman–Crippen MR) is 70.0 cm³/mol. The second kappa shape index (κ2) is 5.19. The number of aliphatic hydroxyl groups is 1. The van der Waals surface area contributed by atoms with E-state index in [9.17, 15) is 5.11 Å². The van der Waals surface area contributed by atoms with Crippen molar-refractivity contribution in [3.8, 4) is 0 Å². The zero-order chi connectivity index (χ0) is 12.1. The van der Waals surface area contributed by atoms with Gasteiger partial charge in [-0.2, -0.15) is 0 Å². The van der Waals surface area contributed by atoms with Gasteiger partial charge in [0, 0.05) is 5.69 Å². The largest absolute Gasteiger partial charge is 0.394 e. The summed E-state index contributed by atoms with van der Waals surface area (Å²) >= 11 is 0. The number of rotatable bonds is 3. The second-order valence-corrected chi connectivity index (χ2v) is 4.58. The van der Waals surface area contributed by atoms with Crippen LogP contribution in [0.5, 0.6) is 0 Å². The molecule has 0 atom stereocenters. The van der Waals surface area contributed by atoms with Crippen molar-refractivity contribution in [2.45, 2.75) is 31.2 Å². The lowest BCUT2D eigenvalue weighted by atomic mass is 10.0. The first-order chi connectivity index (χ1) is 8.24. The molecule has 92 valence electrons. The molecule has 0 saturated heterocycles. The molecule has 1 aliphatic rings. The molecular formula is C13H19N3O. The van der Waals surface area contributed by atoms with Gasteiger partial charge in [0.15, 0.2) is 5.96 Å². The first-order valence-corrected chi connectivity index (χ1v) is 6.02. The lowest BCUT2D eigenvalue weighted by Gasteiger charge is -2.22. The van der Waals surface area contributed by atoms with Crippen LogP contribution in [0.15, 0.2) is 35.3 Å². The van der Waals surface area contributed by atoms with E-state index in [0.29, 0.717) is 5.96 Å². The van der Waals surface area contributed by atoms with E-state index in [4.69, 9.17) is 5.73 Å². The fourth-order valence-electron chi connectivity index (χ4n) is 2.29. The van der Waals surface area contributed by atoms with Gasteiger partial charge < -0.3 is 16.2 Å². The molecule has 1 fully saturated rings. The summed E-state index contributed by atoms with van der Waals surface area (Å²) in [4.78, 5) is 4.45. The number of benzene rings is 1. The highest BCUT2D eigenvalue weighted by Crippen LogP contribution is 2.32. The Morgan fingerprint density at radius 1 is 1.29 bits per heavy atom. The maximum atomic E-state index is 9.44. The lowest BCUT2D eigenvalue weighted by molar-refractivity contribution is 0.201. The Morgan fingerprint density at radius 2 is 1.94 bits per heavy atom. The average molecular weight is 233 g/mol. The molecule has 0 amide bonds. The van der Waals surface area contributed by atoms with Crippen LogP contribution >= 0.6 is 0 Å². The molecular weight excluding hydrogens is 214 g/mol. The Morgan fingerprint density at radius 3 is 2.53 bits per heavy atom. The van der Waals surface area contributed by atoms with Crippen LogP contribution in [0.2, 0.25) is 0 Å². The number of para-hydroxylation sites is 1. The quantitative estimate of drug-likeness (QED) is 0.550.